The van der Waals surface area contributed by atoms with E-state index in [4.69, 9.17) is 33.8 Å². The van der Waals surface area contributed by atoms with Crippen LogP contribution in [0.4, 0.5) is 17.6 Å². The standard InChI is InChI=1S/C24H33ClN6S/c1-18-8-4-7-15-31(18)22-16-21(30-13-5-2-3-6-14-30)27-23(28-22)29-24(32)26-17-19-9-11-20(25)12-10-19/h9-12,16,18H,2-8,13-15,17H2,1H3,(H2,26,27,28,29,32)/t18-/m1/s1. The van der Waals surface area contributed by atoms with E-state index in [-0.39, 0.29) is 0 Å². The minimum atomic E-state index is 0.485. The number of rotatable bonds is 5. The Balaban J connectivity index is 1.51. The Morgan fingerprint density at radius 2 is 1.69 bits per heavy atom. The molecule has 0 unspecified atom stereocenters. The molecule has 8 heteroatoms. The first-order valence-electron chi connectivity index (χ1n) is 11.8. The number of hydrogen-bond donors (Lipinski definition) is 2. The Labute approximate surface area is 201 Å². The Morgan fingerprint density at radius 3 is 2.41 bits per heavy atom. The molecule has 0 aliphatic carbocycles. The number of piperidine rings is 1. The van der Waals surface area contributed by atoms with Gasteiger partial charge in [-0.05, 0) is 68.9 Å². The maximum atomic E-state index is 5.98. The summed E-state index contributed by atoms with van der Waals surface area (Å²) in [4.78, 5) is 14.5. The van der Waals surface area contributed by atoms with E-state index in [1.54, 1.807) is 0 Å². The van der Waals surface area contributed by atoms with Gasteiger partial charge in [-0.3, -0.25) is 0 Å². The van der Waals surface area contributed by atoms with E-state index in [9.17, 15) is 0 Å². The van der Waals surface area contributed by atoms with Crippen LogP contribution in [-0.2, 0) is 6.54 Å². The van der Waals surface area contributed by atoms with Crippen molar-refractivity contribution in [1.82, 2.24) is 15.3 Å². The minimum absolute atomic E-state index is 0.485. The highest BCUT2D eigenvalue weighted by atomic mass is 35.5. The minimum Gasteiger partial charge on any atom is -0.358 e. The van der Waals surface area contributed by atoms with Crippen LogP contribution in [0.3, 0.4) is 0 Å². The van der Waals surface area contributed by atoms with E-state index in [1.807, 2.05) is 24.3 Å². The summed E-state index contributed by atoms with van der Waals surface area (Å²) < 4.78 is 0. The number of benzene rings is 1. The summed E-state index contributed by atoms with van der Waals surface area (Å²) in [6.07, 6.45) is 8.70. The van der Waals surface area contributed by atoms with Crippen LogP contribution in [0.2, 0.25) is 5.02 Å². The van der Waals surface area contributed by atoms with Crippen molar-refractivity contribution in [2.24, 2.45) is 0 Å². The first-order chi connectivity index (χ1) is 15.6. The second kappa shape index (κ2) is 11.1. The fourth-order valence-electron chi connectivity index (χ4n) is 4.46. The van der Waals surface area contributed by atoms with Crippen molar-refractivity contribution in [3.8, 4) is 0 Å². The van der Waals surface area contributed by atoms with Crippen LogP contribution in [0.5, 0.6) is 0 Å². The predicted octanol–water partition coefficient (Wildman–Crippen LogP) is 5.38. The van der Waals surface area contributed by atoms with E-state index in [2.05, 4.69) is 33.4 Å². The van der Waals surface area contributed by atoms with Gasteiger partial charge in [0.05, 0.1) is 0 Å². The zero-order valence-electron chi connectivity index (χ0n) is 18.8. The second-order valence-electron chi connectivity index (χ2n) is 8.78. The zero-order valence-corrected chi connectivity index (χ0v) is 20.4. The summed E-state index contributed by atoms with van der Waals surface area (Å²) in [6, 6.07) is 10.4. The van der Waals surface area contributed by atoms with Gasteiger partial charge in [0.25, 0.3) is 0 Å². The van der Waals surface area contributed by atoms with E-state index >= 15 is 0 Å². The van der Waals surface area contributed by atoms with Crippen molar-refractivity contribution >= 4 is 46.5 Å². The molecule has 3 heterocycles. The molecule has 2 aliphatic heterocycles. The average molecular weight is 473 g/mol. The van der Waals surface area contributed by atoms with Crippen molar-refractivity contribution < 1.29 is 0 Å². The molecule has 0 amide bonds. The molecule has 2 saturated heterocycles. The number of halogens is 1. The van der Waals surface area contributed by atoms with Gasteiger partial charge >= 0.3 is 0 Å². The van der Waals surface area contributed by atoms with Gasteiger partial charge in [-0.1, -0.05) is 36.6 Å². The van der Waals surface area contributed by atoms with Gasteiger partial charge in [0.1, 0.15) is 11.6 Å². The lowest BCUT2D eigenvalue weighted by Crippen LogP contribution is -2.38. The van der Waals surface area contributed by atoms with E-state index < -0.39 is 0 Å². The van der Waals surface area contributed by atoms with Crippen LogP contribution < -0.4 is 20.4 Å². The predicted molar refractivity (Wildman–Crippen MR) is 138 cm³/mol. The molecule has 0 spiro atoms. The molecule has 2 aromatic rings. The van der Waals surface area contributed by atoms with Crippen LogP contribution in [0, 0.1) is 0 Å². The topological polar surface area (TPSA) is 56.3 Å². The maximum absolute atomic E-state index is 5.98. The highest BCUT2D eigenvalue weighted by Gasteiger charge is 2.22. The highest BCUT2D eigenvalue weighted by molar-refractivity contribution is 7.80. The van der Waals surface area contributed by atoms with Gasteiger partial charge in [0.2, 0.25) is 5.95 Å². The van der Waals surface area contributed by atoms with Gasteiger partial charge < -0.3 is 20.4 Å². The Kier molecular flexibility index (Phi) is 8.03. The van der Waals surface area contributed by atoms with E-state index in [0.717, 1.165) is 41.9 Å². The molecule has 1 atom stereocenters. The first kappa shape index (κ1) is 23.1. The van der Waals surface area contributed by atoms with Crippen LogP contribution >= 0.6 is 23.8 Å². The maximum Gasteiger partial charge on any atom is 0.232 e. The summed E-state index contributed by atoms with van der Waals surface area (Å²) in [6.45, 7) is 6.04. The van der Waals surface area contributed by atoms with Gasteiger partial charge in [-0.2, -0.15) is 9.97 Å². The third-order valence-corrected chi connectivity index (χ3v) is 6.82. The number of hydrogen-bond acceptors (Lipinski definition) is 5. The fraction of sp³-hybridized carbons (Fsp3) is 0.542. The first-order valence-corrected chi connectivity index (χ1v) is 12.6. The summed E-state index contributed by atoms with van der Waals surface area (Å²) >= 11 is 11.5. The van der Waals surface area contributed by atoms with Crippen molar-refractivity contribution in [1.29, 1.82) is 0 Å². The van der Waals surface area contributed by atoms with Crippen molar-refractivity contribution in [2.45, 2.75) is 64.5 Å². The Bertz CT molecular complexity index is 898. The molecular weight excluding hydrogens is 440 g/mol. The fourth-order valence-corrected chi connectivity index (χ4v) is 4.75. The van der Waals surface area contributed by atoms with E-state index in [0.29, 0.717) is 23.6 Å². The summed E-state index contributed by atoms with van der Waals surface area (Å²) in [5.41, 5.74) is 1.11. The van der Waals surface area contributed by atoms with Gasteiger partial charge in [0.15, 0.2) is 5.11 Å². The molecule has 6 nitrogen and oxygen atoms in total. The summed E-state index contributed by atoms with van der Waals surface area (Å²) in [7, 11) is 0. The highest BCUT2D eigenvalue weighted by Crippen LogP contribution is 2.28. The smallest absolute Gasteiger partial charge is 0.232 e. The third-order valence-electron chi connectivity index (χ3n) is 6.32. The molecule has 2 fully saturated rings. The molecule has 172 valence electrons. The lowest BCUT2D eigenvalue weighted by Gasteiger charge is -2.35. The number of nitrogens with one attached hydrogen (secondary N) is 2. The number of aromatic nitrogens is 2. The summed E-state index contributed by atoms with van der Waals surface area (Å²) in [5.74, 6) is 2.56. The van der Waals surface area contributed by atoms with Crippen LogP contribution in [-0.4, -0.2) is 40.8 Å². The molecule has 1 aromatic carbocycles. The number of thiocarbonyl (C=S) groups is 1. The molecule has 4 rings (SSSR count). The Morgan fingerprint density at radius 1 is 1.00 bits per heavy atom. The number of nitrogens with zero attached hydrogens (tertiary/aromatic N) is 4. The SMILES string of the molecule is C[C@@H]1CCCCN1c1cc(N2CCCCCC2)nc(NC(=S)NCc2ccc(Cl)cc2)n1. The normalized spacial score (nSPS) is 19.4. The van der Waals surface area contributed by atoms with Crippen LogP contribution in [0.25, 0.3) is 0 Å². The quantitative estimate of drug-likeness (QED) is 0.567. The largest absolute Gasteiger partial charge is 0.358 e. The van der Waals surface area contributed by atoms with Crippen molar-refractivity contribution in [3.05, 3.63) is 40.9 Å². The van der Waals surface area contributed by atoms with Gasteiger partial charge in [-0.25, -0.2) is 0 Å². The summed E-state index contributed by atoms with van der Waals surface area (Å²) in [5, 5.41) is 7.73. The molecule has 0 bridgehead atoms. The lowest BCUT2D eigenvalue weighted by atomic mass is 10.0. The molecule has 0 saturated carbocycles. The van der Waals surface area contributed by atoms with Gasteiger partial charge in [0, 0.05) is 43.3 Å². The number of anilines is 3. The molecule has 1 aromatic heterocycles. The second-order valence-corrected chi connectivity index (χ2v) is 9.63. The molecule has 2 aliphatic rings. The van der Waals surface area contributed by atoms with Gasteiger partial charge in [-0.15, -0.1) is 0 Å². The van der Waals surface area contributed by atoms with Crippen LogP contribution in [0.1, 0.15) is 57.4 Å². The average Bonchev–Trinajstić information content (AvgIpc) is 3.08. The molecule has 0 radical (unpaired) electrons. The Hall–Kier alpha value is -2.12. The van der Waals surface area contributed by atoms with Crippen molar-refractivity contribution in [3.63, 3.8) is 0 Å². The van der Waals surface area contributed by atoms with Crippen molar-refractivity contribution in [2.75, 3.05) is 34.8 Å². The monoisotopic (exact) mass is 472 g/mol. The third kappa shape index (κ3) is 6.23. The molecule has 32 heavy (non-hydrogen) atoms. The van der Waals surface area contributed by atoms with Crippen LogP contribution in [0.15, 0.2) is 30.3 Å². The van der Waals surface area contributed by atoms with E-state index in [1.165, 1.54) is 44.9 Å². The molecular formula is C24H33ClN6S. The lowest BCUT2D eigenvalue weighted by molar-refractivity contribution is 0.481. The zero-order chi connectivity index (χ0) is 22.3. The molecule has 2 N–H and O–H groups in total.